The number of hydrogen-bond acceptors (Lipinski definition) is 5. The van der Waals surface area contributed by atoms with Crippen LogP contribution in [-0.4, -0.2) is 74.4 Å². The zero-order valence-corrected chi connectivity index (χ0v) is 17.8. The van der Waals surface area contributed by atoms with Crippen LogP contribution >= 0.6 is 0 Å². The van der Waals surface area contributed by atoms with Crippen molar-refractivity contribution < 1.29 is 13.2 Å². The second-order valence-electron chi connectivity index (χ2n) is 8.54. The molecule has 1 aliphatic carbocycles. The number of rotatable bonds is 4. The average molecular weight is 426 g/mol. The number of sulfone groups is 1. The van der Waals surface area contributed by atoms with Crippen LogP contribution in [0, 0.1) is 0 Å². The summed E-state index contributed by atoms with van der Waals surface area (Å²) in [5.41, 5.74) is 4.69. The van der Waals surface area contributed by atoms with Crippen LogP contribution in [0.5, 0.6) is 0 Å². The molecule has 0 radical (unpaired) electrons. The Balaban J connectivity index is 1.20. The van der Waals surface area contributed by atoms with Crippen molar-refractivity contribution in [1.82, 2.24) is 15.1 Å². The lowest BCUT2D eigenvalue weighted by Crippen LogP contribution is -2.52. The van der Waals surface area contributed by atoms with Gasteiger partial charge < -0.3 is 5.32 Å². The molecule has 5 rings (SSSR count). The van der Waals surface area contributed by atoms with Crippen molar-refractivity contribution in [3.63, 3.8) is 0 Å². The van der Waals surface area contributed by atoms with Gasteiger partial charge in [0, 0.05) is 32.2 Å². The van der Waals surface area contributed by atoms with Gasteiger partial charge in [0.2, 0.25) is 5.91 Å². The summed E-state index contributed by atoms with van der Waals surface area (Å²) in [6, 6.07) is 16.6. The van der Waals surface area contributed by atoms with E-state index in [1.807, 2.05) is 24.3 Å². The minimum absolute atomic E-state index is 0.0309. The second-order valence-corrected chi connectivity index (χ2v) is 10.8. The Morgan fingerprint density at radius 2 is 1.53 bits per heavy atom. The van der Waals surface area contributed by atoms with Crippen LogP contribution in [0.15, 0.2) is 48.5 Å². The minimum Gasteiger partial charge on any atom is -0.344 e. The summed E-state index contributed by atoms with van der Waals surface area (Å²) in [7, 11) is -2.86. The predicted molar refractivity (Wildman–Crippen MR) is 117 cm³/mol. The van der Waals surface area contributed by atoms with E-state index < -0.39 is 9.84 Å². The number of carbonyl (C=O) groups excluding carboxylic acids is 1. The Morgan fingerprint density at radius 3 is 2.10 bits per heavy atom. The van der Waals surface area contributed by atoms with E-state index in [2.05, 4.69) is 39.4 Å². The fourth-order valence-corrected chi connectivity index (χ4v) is 6.83. The monoisotopic (exact) mass is 425 g/mol. The van der Waals surface area contributed by atoms with E-state index in [4.69, 9.17) is 0 Å². The van der Waals surface area contributed by atoms with Gasteiger partial charge in [-0.05, 0) is 28.7 Å². The molecule has 0 saturated carbocycles. The van der Waals surface area contributed by atoms with Crippen LogP contribution in [0.3, 0.4) is 0 Å². The normalized spacial score (nSPS) is 23.8. The van der Waals surface area contributed by atoms with Gasteiger partial charge in [0.1, 0.15) is 0 Å². The molecule has 2 heterocycles. The molecular weight excluding hydrogens is 398 g/mol. The Morgan fingerprint density at radius 1 is 0.933 bits per heavy atom. The molecule has 2 saturated heterocycles. The predicted octanol–water partition coefficient (Wildman–Crippen LogP) is 1.68. The number of nitrogens with zero attached hydrogens (tertiary/aromatic N) is 2. The summed E-state index contributed by atoms with van der Waals surface area (Å²) < 4.78 is 23.5. The lowest BCUT2D eigenvalue weighted by molar-refractivity contribution is -0.123. The smallest absolute Gasteiger partial charge is 0.234 e. The minimum atomic E-state index is -2.86. The fraction of sp³-hybridized carbons (Fsp3) is 0.435. The zero-order valence-electron chi connectivity index (χ0n) is 17.0. The molecule has 1 atom stereocenters. The van der Waals surface area contributed by atoms with Crippen LogP contribution in [0.4, 0.5) is 0 Å². The third-order valence-corrected chi connectivity index (χ3v) is 8.39. The first-order chi connectivity index (χ1) is 14.5. The summed E-state index contributed by atoms with van der Waals surface area (Å²) in [5, 5.41) is 3.24. The summed E-state index contributed by atoms with van der Waals surface area (Å²) in [5.74, 6) is 0.627. The summed E-state index contributed by atoms with van der Waals surface area (Å²) in [6.07, 6.45) is 0.739. The number of piperazine rings is 1. The summed E-state index contributed by atoms with van der Waals surface area (Å²) in [4.78, 5) is 17.3. The molecule has 2 aliphatic heterocycles. The van der Waals surface area contributed by atoms with E-state index in [0.29, 0.717) is 12.3 Å². The Bertz CT molecular complexity index is 1020. The summed E-state index contributed by atoms with van der Waals surface area (Å²) in [6.45, 7) is 3.60. The molecule has 2 fully saturated rings. The van der Waals surface area contributed by atoms with Crippen molar-refractivity contribution in [3.8, 4) is 11.1 Å². The van der Waals surface area contributed by atoms with Crippen molar-refractivity contribution >= 4 is 15.7 Å². The first-order valence-corrected chi connectivity index (χ1v) is 12.5. The lowest BCUT2D eigenvalue weighted by Gasteiger charge is -2.37. The van der Waals surface area contributed by atoms with Crippen molar-refractivity contribution in [3.05, 3.63) is 59.7 Å². The highest BCUT2D eigenvalue weighted by Gasteiger charge is 2.34. The average Bonchev–Trinajstić information content (AvgIpc) is 3.27. The van der Waals surface area contributed by atoms with Crippen LogP contribution in [0.1, 0.15) is 23.6 Å². The number of fused-ring (bicyclic) bond motifs is 3. The lowest BCUT2D eigenvalue weighted by atomic mass is 10.1. The van der Waals surface area contributed by atoms with Gasteiger partial charge >= 0.3 is 0 Å². The van der Waals surface area contributed by atoms with Gasteiger partial charge in [0.25, 0.3) is 0 Å². The van der Waals surface area contributed by atoms with Crippen LogP contribution < -0.4 is 5.32 Å². The molecule has 7 heteroatoms. The molecule has 0 spiro atoms. The van der Waals surface area contributed by atoms with E-state index in [0.717, 1.165) is 43.7 Å². The number of amides is 1. The maximum Gasteiger partial charge on any atom is 0.234 e. The standard InChI is InChI=1S/C23H27N3O3S/c27-22(15-25-10-12-26(13-11-25)17-9-14-30(28,29)16-17)24-23-20-7-3-1-5-18(20)19-6-2-4-8-21(19)23/h1-8,17,23H,9-16H2,(H,24,27). The topological polar surface area (TPSA) is 69.7 Å². The van der Waals surface area contributed by atoms with E-state index >= 15 is 0 Å². The number of benzene rings is 2. The first kappa shape index (κ1) is 19.7. The number of carbonyl (C=O) groups is 1. The fourth-order valence-electron chi connectivity index (χ4n) is 5.07. The van der Waals surface area contributed by atoms with Crippen molar-refractivity contribution in [2.24, 2.45) is 0 Å². The molecule has 158 valence electrons. The molecule has 2 aromatic carbocycles. The SMILES string of the molecule is O=C(CN1CCN(C2CCS(=O)(=O)C2)CC1)NC1c2ccccc2-c2ccccc21. The van der Waals surface area contributed by atoms with Crippen molar-refractivity contribution in [1.29, 1.82) is 0 Å². The largest absolute Gasteiger partial charge is 0.344 e. The maximum absolute atomic E-state index is 12.9. The number of hydrogen-bond donors (Lipinski definition) is 1. The molecule has 1 unspecified atom stereocenters. The molecule has 3 aliphatic rings. The molecular formula is C23H27N3O3S. The van der Waals surface area contributed by atoms with E-state index in [1.54, 1.807) is 0 Å². The Kier molecular flexibility index (Phi) is 5.13. The van der Waals surface area contributed by atoms with E-state index in [-0.39, 0.29) is 23.7 Å². The highest BCUT2D eigenvalue weighted by Crippen LogP contribution is 2.42. The van der Waals surface area contributed by atoms with Gasteiger partial charge in [-0.3, -0.25) is 14.6 Å². The highest BCUT2D eigenvalue weighted by molar-refractivity contribution is 7.91. The molecule has 1 amide bonds. The summed E-state index contributed by atoms with van der Waals surface area (Å²) >= 11 is 0. The Labute approximate surface area is 177 Å². The quantitative estimate of drug-likeness (QED) is 0.807. The van der Waals surface area contributed by atoms with Gasteiger partial charge in [0.05, 0.1) is 24.1 Å². The van der Waals surface area contributed by atoms with Crippen molar-refractivity contribution in [2.75, 3.05) is 44.2 Å². The first-order valence-electron chi connectivity index (χ1n) is 10.6. The molecule has 0 bridgehead atoms. The highest BCUT2D eigenvalue weighted by atomic mass is 32.2. The van der Waals surface area contributed by atoms with E-state index in [1.165, 1.54) is 11.1 Å². The maximum atomic E-state index is 12.9. The van der Waals surface area contributed by atoms with Gasteiger partial charge in [-0.25, -0.2) is 8.42 Å². The molecule has 2 aromatic rings. The van der Waals surface area contributed by atoms with Gasteiger partial charge in [0.15, 0.2) is 9.84 Å². The van der Waals surface area contributed by atoms with Crippen LogP contribution in [-0.2, 0) is 14.6 Å². The molecule has 6 nitrogen and oxygen atoms in total. The number of nitrogens with one attached hydrogen (secondary N) is 1. The molecule has 0 aromatic heterocycles. The van der Waals surface area contributed by atoms with Crippen LogP contribution in [0.25, 0.3) is 11.1 Å². The third-order valence-electron chi connectivity index (χ3n) is 6.64. The van der Waals surface area contributed by atoms with Gasteiger partial charge in [-0.15, -0.1) is 0 Å². The van der Waals surface area contributed by atoms with Gasteiger partial charge in [-0.1, -0.05) is 48.5 Å². The second kappa shape index (κ2) is 7.80. The van der Waals surface area contributed by atoms with Crippen LogP contribution in [0.2, 0.25) is 0 Å². The van der Waals surface area contributed by atoms with E-state index in [9.17, 15) is 13.2 Å². The Hall–Kier alpha value is -2.22. The molecule has 30 heavy (non-hydrogen) atoms. The third kappa shape index (κ3) is 3.77. The van der Waals surface area contributed by atoms with Crippen molar-refractivity contribution in [2.45, 2.75) is 18.5 Å². The molecule has 1 N–H and O–H groups in total. The zero-order chi connectivity index (χ0) is 20.7. The van der Waals surface area contributed by atoms with Gasteiger partial charge in [-0.2, -0.15) is 0 Å².